The molecule has 2 rings (SSSR count). The molecule has 0 spiro atoms. The number of benzene rings is 2. The topological polar surface area (TPSA) is 44.8 Å². The molecule has 0 aliphatic rings. The van der Waals surface area contributed by atoms with E-state index in [4.69, 9.17) is 14.2 Å². The van der Waals surface area contributed by atoms with Crippen molar-refractivity contribution in [1.82, 2.24) is 0 Å². The van der Waals surface area contributed by atoms with Crippen LogP contribution in [0.15, 0.2) is 42.5 Å². The maximum atomic E-state index is 10.6. The Morgan fingerprint density at radius 2 is 1.55 bits per heavy atom. The van der Waals surface area contributed by atoms with Gasteiger partial charge in [-0.15, -0.1) is 0 Å². The van der Waals surface area contributed by atoms with Crippen LogP contribution in [0.25, 0.3) is 0 Å². The summed E-state index contributed by atoms with van der Waals surface area (Å²) in [6, 6.07) is 12.8. The van der Waals surface area contributed by atoms with Crippen molar-refractivity contribution in [2.24, 2.45) is 0 Å². The highest BCUT2D eigenvalue weighted by molar-refractivity contribution is 5.74. The SMILES string of the molecule is CCOc1ccc(COc2ccc(C=O)cc2)cc1OCC. The highest BCUT2D eigenvalue weighted by atomic mass is 16.5. The molecule has 0 bridgehead atoms. The van der Waals surface area contributed by atoms with E-state index < -0.39 is 0 Å². The number of hydrogen-bond acceptors (Lipinski definition) is 4. The van der Waals surface area contributed by atoms with Crippen molar-refractivity contribution in [3.8, 4) is 17.2 Å². The summed E-state index contributed by atoms with van der Waals surface area (Å²) < 4.78 is 16.8. The molecular formula is C18H20O4. The minimum Gasteiger partial charge on any atom is -0.490 e. The van der Waals surface area contributed by atoms with Crippen molar-refractivity contribution < 1.29 is 19.0 Å². The minimum atomic E-state index is 0.424. The quantitative estimate of drug-likeness (QED) is 0.694. The Kier molecular flexibility index (Phi) is 5.83. The third-order valence-corrected chi connectivity index (χ3v) is 3.03. The van der Waals surface area contributed by atoms with Gasteiger partial charge in [0.2, 0.25) is 0 Å². The average Bonchev–Trinajstić information content (AvgIpc) is 2.56. The maximum Gasteiger partial charge on any atom is 0.161 e. The van der Waals surface area contributed by atoms with Gasteiger partial charge in [0, 0.05) is 5.56 Å². The van der Waals surface area contributed by atoms with Gasteiger partial charge in [0.1, 0.15) is 18.6 Å². The van der Waals surface area contributed by atoms with Gasteiger partial charge in [-0.2, -0.15) is 0 Å². The Labute approximate surface area is 130 Å². The molecule has 0 heterocycles. The molecule has 4 heteroatoms. The van der Waals surface area contributed by atoms with E-state index in [9.17, 15) is 4.79 Å². The lowest BCUT2D eigenvalue weighted by Gasteiger charge is -2.13. The number of rotatable bonds is 8. The summed E-state index contributed by atoms with van der Waals surface area (Å²) >= 11 is 0. The first-order chi connectivity index (χ1) is 10.8. The van der Waals surface area contributed by atoms with Crippen LogP contribution in [0.3, 0.4) is 0 Å². The van der Waals surface area contributed by atoms with Crippen LogP contribution in [0, 0.1) is 0 Å². The highest BCUT2D eigenvalue weighted by Gasteiger charge is 2.06. The predicted octanol–water partition coefficient (Wildman–Crippen LogP) is 3.88. The second-order valence-corrected chi connectivity index (χ2v) is 4.62. The summed E-state index contributed by atoms with van der Waals surface area (Å²) in [4.78, 5) is 10.6. The molecule has 22 heavy (non-hydrogen) atoms. The van der Waals surface area contributed by atoms with E-state index in [1.807, 2.05) is 32.0 Å². The van der Waals surface area contributed by atoms with Crippen LogP contribution in [0.1, 0.15) is 29.8 Å². The number of ether oxygens (including phenoxy) is 3. The number of aldehydes is 1. The summed E-state index contributed by atoms with van der Waals surface area (Å²) in [6.07, 6.45) is 0.810. The lowest BCUT2D eigenvalue weighted by molar-refractivity contribution is 0.112. The molecule has 0 saturated heterocycles. The standard InChI is InChI=1S/C18H20O4/c1-3-20-17-10-7-15(11-18(17)21-4-2)13-22-16-8-5-14(12-19)6-9-16/h5-12H,3-4,13H2,1-2H3. The van der Waals surface area contributed by atoms with E-state index in [1.54, 1.807) is 24.3 Å². The Morgan fingerprint density at radius 1 is 0.864 bits per heavy atom. The van der Waals surface area contributed by atoms with Crippen molar-refractivity contribution in [2.45, 2.75) is 20.5 Å². The van der Waals surface area contributed by atoms with Crippen LogP contribution < -0.4 is 14.2 Å². The van der Waals surface area contributed by atoms with Gasteiger partial charge < -0.3 is 14.2 Å². The number of carbonyl (C=O) groups excluding carboxylic acids is 1. The van der Waals surface area contributed by atoms with E-state index >= 15 is 0 Å². The molecular weight excluding hydrogens is 280 g/mol. The monoisotopic (exact) mass is 300 g/mol. The lowest BCUT2D eigenvalue weighted by atomic mass is 10.2. The Morgan fingerprint density at radius 3 is 2.18 bits per heavy atom. The van der Waals surface area contributed by atoms with Gasteiger partial charge in [-0.3, -0.25) is 4.79 Å². The van der Waals surface area contributed by atoms with Crippen molar-refractivity contribution in [1.29, 1.82) is 0 Å². The zero-order valence-corrected chi connectivity index (χ0v) is 12.9. The smallest absolute Gasteiger partial charge is 0.161 e. The van der Waals surface area contributed by atoms with Gasteiger partial charge in [-0.25, -0.2) is 0 Å². The largest absolute Gasteiger partial charge is 0.490 e. The van der Waals surface area contributed by atoms with Gasteiger partial charge in [0.15, 0.2) is 11.5 Å². The summed E-state index contributed by atoms with van der Waals surface area (Å²) in [5.74, 6) is 2.18. The van der Waals surface area contributed by atoms with Gasteiger partial charge in [-0.05, 0) is 55.8 Å². The van der Waals surface area contributed by atoms with Crippen molar-refractivity contribution in [3.05, 3.63) is 53.6 Å². The molecule has 2 aromatic carbocycles. The fourth-order valence-electron chi connectivity index (χ4n) is 1.99. The number of hydrogen-bond donors (Lipinski definition) is 0. The predicted molar refractivity (Wildman–Crippen MR) is 84.9 cm³/mol. The maximum absolute atomic E-state index is 10.6. The van der Waals surface area contributed by atoms with Crippen LogP contribution in [-0.2, 0) is 6.61 Å². The van der Waals surface area contributed by atoms with Crippen molar-refractivity contribution in [2.75, 3.05) is 13.2 Å². The van der Waals surface area contributed by atoms with Crippen molar-refractivity contribution >= 4 is 6.29 Å². The van der Waals surface area contributed by atoms with E-state index in [0.717, 1.165) is 29.1 Å². The van der Waals surface area contributed by atoms with Gasteiger partial charge in [-0.1, -0.05) is 6.07 Å². The van der Waals surface area contributed by atoms with E-state index in [1.165, 1.54) is 0 Å². The highest BCUT2D eigenvalue weighted by Crippen LogP contribution is 2.29. The second kappa shape index (κ2) is 8.08. The zero-order valence-electron chi connectivity index (χ0n) is 12.9. The first kappa shape index (κ1) is 15.9. The molecule has 0 N–H and O–H groups in total. The summed E-state index contributed by atoms with van der Waals surface area (Å²) in [5.41, 5.74) is 1.62. The van der Waals surface area contributed by atoms with Gasteiger partial charge in [0.25, 0.3) is 0 Å². The molecule has 0 atom stereocenters. The first-order valence-corrected chi connectivity index (χ1v) is 7.33. The average molecular weight is 300 g/mol. The fourth-order valence-corrected chi connectivity index (χ4v) is 1.99. The molecule has 0 unspecified atom stereocenters. The Hall–Kier alpha value is -2.49. The summed E-state index contributed by atoms with van der Waals surface area (Å²) in [5, 5.41) is 0. The Balaban J connectivity index is 2.05. The molecule has 4 nitrogen and oxygen atoms in total. The van der Waals surface area contributed by atoms with Gasteiger partial charge in [0.05, 0.1) is 13.2 Å². The molecule has 0 aliphatic carbocycles. The molecule has 116 valence electrons. The normalized spacial score (nSPS) is 10.1. The van der Waals surface area contributed by atoms with Crippen LogP contribution >= 0.6 is 0 Å². The van der Waals surface area contributed by atoms with Crippen LogP contribution in [0.2, 0.25) is 0 Å². The third kappa shape index (κ3) is 4.25. The molecule has 2 aromatic rings. The number of carbonyl (C=O) groups is 1. The summed E-state index contributed by atoms with van der Waals surface area (Å²) in [6.45, 7) is 5.48. The molecule has 0 radical (unpaired) electrons. The first-order valence-electron chi connectivity index (χ1n) is 7.33. The Bertz CT molecular complexity index is 605. The molecule has 0 saturated carbocycles. The van der Waals surface area contributed by atoms with Gasteiger partial charge >= 0.3 is 0 Å². The molecule has 0 aromatic heterocycles. The molecule has 0 fully saturated rings. The third-order valence-electron chi connectivity index (χ3n) is 3.03. The zero-order chi connectivity index (χ0) is 15.8. The molecule has 0 aliphatic heterocycles. The lowest BCUT2D eigenvalue weighted by Crippen LogP contribution is -2.01. The van der Waals surface area contributed by atoms with Crippen LogP contribution in [-0.4, -0.2) is 19.5 Å². The van der Waals surface area contributed by atoms with Crippen molar-refractivity contribution in [3.63, 3.8) is 0 Å². The molecule has 0 amide bonds. The van der Waals surface area contributed by atoms with E-state index in [0.29, 0.717) is 25.4 Å². The minimum absolute atomic E-state index is 0.424. The summed E-state index contributed by atoms with van der Waals surface area (Å²) in [7, 11) is 0. The fraction of sp³-hybridized carbons (Fsp3) is 0.278. The second-order valence-electron chi connectivity index (χ2n) is 4.62. The van der Waals surface area contributed by atoms with Crippen LogP contribution in [0.5, 0.6) is 17.2 Å². The van der Waals surface area contributed by atoms with E-state index in [2.05, 4.69) is 0 Å². The van der Waals surface area contributed by atoms with E-state index in [-0.39, 0.29) is 0 Å². The van der Waals surface area contributed by atoms with Crippen LogP contribution in [0.4, 0.5) is 0 Å².